The van der Waals surface area contributed by atoms with Crippen molar-refractivity contribution in [1.29, 1.82) is 0 Å². The molecule has 110 valence electrons. The molecule has 0 spiro atoms. The second-order valence-corrected chi connectivity index (χ2v) is 4.76. The van der Waals surface area contributed by atoms with Crippen molar-refractivity contribution < 1.29 is 24.5 Å². The lowest BCUT2D eigenvalue weighted by Gasteiger charge is -2.36. The monoisotopic (exact) mass is 274 g/mol. The molecule has 7 nitrogen and oxygen atoms in total. The molecule has 0 aromatic rings. The Hall–Kier alpha value is -1.18. The number of amides is 1. The molecule has 0 aromatic heterocycles. The summed E-state index contributed by atoms with van der Waals surface area (Å²) in [5.74, 6) is -0.988. The number of nitrogens with one attached hydrogen (secondary N) is 1. The molecule has 0 bridgehead atoms. The van der Waals surface area contributed by atoms with Crippen molar-refractivity contribution in [1.82, 2.24) is 10.2 Å². The second-order valence-electron chi connectivity index (χ2n) is 4.76. The molecule has 0 aliphatic carbocycles. The van der Waals surface area contributed by atoms with E-state index < -0.39 is 5.97 Å². The zero-order valence-electron chi connectivity index (χ0n) is 11.2. The molecule has 1 rings (SSSR count). The first kappa shape index (κ1) is 15.9. The molecule has 2 unspecified atom stereocenters. The number of nitrogens with zero attached hydrogens (tertiary/aromatic N) is 1. The molecular formula is C12H22N2O5. The molecule has 1 amide bonds. The Labute approximate surface area is 112 Å². The Balaban J connectivity index is 2.24. The topological polar surface area (TPSA) is 99.1 Å². The van der Waals surface area contributed by atoms with Crippen molar-refractivity contribution >= 4 is 11.9 Å². The number of hydrogen-bond acceptors (Lipinski definition) is 5. The lowest BCUT2D eigenvalue weighted by molar-refractivity contribution is -0.137. The highest BCUT2D eigenvalue weighted by atomic mass is 16.5. The van der Waals surface area contributed by atoms with E-state index in [0.717, 1.165) is 0 Å². The number of ether oxygens (including phenoxy) is 1. The largest absolute Gasteiger partial charge is 0.481 e. The predicted octanol–water partition coefficient (Wildman–Crippen LogP) is -0.951. The normalized spacial score (nSPS) is 24.1. The lowest BCUT2D eigenvalue weighted by Crippen LogP contribution is -2.52. The van der Waals surface area contributed by atoms with Crippen LogP contribution in [0.15, 0.2) is 0 Å². The van der Waals surface area contributed by atoms with Crippen LogP contribution in [0.3, 0.4) is 0 Å². The number of carboxylic acid groups (broad SMARTS) is 1. The van der Waals surface area contributed by atoms with Gasteiger partial charge in [-0.1, -0.05) is 0 Å². The summed E-state index contributed by atoms with van der Waals surface area (Å²) < 4.78 is 5.39. The maximum Gasteiger partial charge on any atom is 0.303 e. The van der Waals surface area contributed by atoms with Gasteiger partial charge in [-0.15, -0.1) is 0 Å². The molecule has 1 fully saturated rings. The summed E-state index contributed by atoms with van der Waals surface area (Å²) >= 11 is 0. The molecule has 3 N–H and O–H groups in total. The van der Waals surface area contributed by atoms with E-state index in [9.17, 15) is 9.59 Å². The van der Waals surface area contributed by atoms with Gasteiger partial charge in [-0.25, -0.2) is 0 Å². The first-order chi connectivity index (χ1) is 9.02. The predicted molar refractivity (Wildman–Crippen MR) is 67.7 cm³/mol. The number of aliphatic carboxylic acids is 1. The number of carboxylic acids is 1. The van der Waals surface area contributed by atoms with Gasteiger partial charge in [-0.05, 0) is 13.3 Å². The first-order valence-electron chi connectivity index (χ1n) is 6.48. The third kappa shape index (κ3) is 6.00. The highest BCUT2D eigenvalue weighted by molar-refractivity contribution is 5.78. The fraction of sp³-hybridized carbons (Fsp3) is 0.833. The first-order valence-corrected chi connectivity index (χ1v) is 6.48. The van der Waals surface area contributed by atoms with E-state index in [4.69, 9.17) is 14.9 Å². The van der Waals surface area contributed by atoms with Crippen LogP contribution >= 0.6 is 0 Å². The van der Waals surface area contributed by atoms with Crippen LogP contribution in [-0.4, -0.2) is 72.0 Å². The van der Waals surface area contributed by atoms with Gasteiger partial charge in [0.1, 0.15) is 0 Å². The van der Waals surface area contributed by atoms with Gasteiger partial charge in [0.15, 0.2) is 0 Å². The van der Waals surface area contributed by atoms with Gasteiger partial charge in [0.25, 0.3) is 0 Å². The molecule has 1 heterocycles. The molecule has 1 aliphatic heterocycles. The van der Waals surface area contributed by atoms with Crippen molar-refractivity contribution in [3.05, 3.63) is 0 Å². The summed E-state index contributed by atoms with van der Waals surface area (Å²) in [6, 6.07) is 0.132. The summed E-state index contributed by atoms with van der Waals surface area (Å²) in [5.41, 5.74) is 0. The highest BCUT2D eigenvalue weighted by Gasteiger charge is 2.26. The number of morpholine rings is 1. The van der Waals surface area contributed by atoms with Gasteiger partial charge in [0.2, 0.25) is 5.91 Å². The van der Waals surface area contributed by atoms with Crippen LogP contribution in [0.25, 0.3) is 0 Å². The molecule has 19 heavy (non-hydrogen) atoms. The summed E-state index contributed by atoms with van der Waals surface area (Å²) in [4.78, 5) is 24.0. The van der Waals surface area contributed by atoms with Crippen LogP contribution in [0.1, 0.15) is 19.8 Å². The fourth-order valence-electron chi connectivity index (χ4n) is 1.91. The van der Waals surface area contributed by atoms with Crippen LogP contribution in [0, 0.1) is 0 Å². The van der Waals surface area contributed by atoms with Crippen molar-refractivity contribution in [3.8, 4) is 0 Å². The van der Waals surface area contributed by atoms with Crippen molar-refractivity contribution in [2.24, 2.45) is 0 Å². The van der Waals surface area contributed by atoms with Crippen LogP contribution < -0.4 is 5.32 Å². The molecule has 2 atom stereocenters. The van der Waals surface area contributed by atoms with Crippen LogP contribution in [0.4, 0.5) is 0 Å². The fourth-order valence-corrected chi connectivity index (χ4v) is 1.91. The number of aliphatic hydroxyl groups is 1. The third-order valence-corrected chi connectivity index (χ3v) is 3.07. The van der Waals surface area contributed by atoms with E-state index in [0.29, 0.717) is 26.1 Å². The summed E-state index contributed by atoms with van der Waals surface area (Å²) in [6.45, 7) is 3.55. The van der Waals surface area contributed by atoms with Crippen LogP contribution in [0.5, 0.6) is 0 Å². The van der Waals surface area contributed by atoms with Gasteiger partial charge in [-0.2, -0.15) is 0 Å². The summed E-state index contributed by atoms with van der Waals surface area (Å²) in [5, 5.41) is 20.2. The Morgan fingerprint density at radius 2 is 2.21 bits per heavy atom. The zero-order chi connectivity index (χ0) is 14.3. The van der Waals surface area contributed by atoms with Crippen molar-refractivity contribution in [3.63, 3.8) is 0 Å². The number of carbonyl (C=O) groups is 2. The van der Waals surface area contributed by atoms with Crippen molar-refractivity contribution in [2.45, 2.75) is 31.9 Å². The molecule has 7 heteroatoms. The smallest absolute Gasteiger partial charge is 0.303 e. The molecule has 1 saturated heterocycles. The average Bonchev–Trinajstić information content (AvgIpc) is 2.37. The minimum atomic E-state index is -0.859. The number of hydrogen-bond donors (Lipinski definition) is 3. The molecule has 0 aromatic carbocycles. The SMILES string of the molecule is CC1COC(CO)CN1CC(=O)NCCCC(=O)O. The minimum Gasteiger partial charge on any atom is -0.481 e. The summed E-state index contributed by atoms with van der Waals surface area (Å²) in [6.07, 6.45) is 0.246. The Morgan fingerprint density at radius 3 is 2.84 bits per heavy atom. The summed E-state index contributed by atoms with van der Waals surface area (Å²) in [7, 11) is 0. The van der Waals surface area contributed by atoms with Gasteiger partial charge >= 0.3 is 5.97 Å². The zero-order valence-corrected chi connectivity index (χ0v) is 11.2. The molecular weight excluding hydrogens is 252 g/mol. The van der Waals surface area contributed by atoms with E-state index >= 15 is 0 Å². The Bertz CT molecular complexity index is 310. The molecule has 0 saturated carbocycles. The third-order valence-electron chi connectivity index (χ3n) is 3.07. The van der Waals surface area contributed by atoms with E-state index in [2.05, 4.69) is 5.32 Å². The van der Waals surface area contributed by atoms with E-state index in [-0.39, 0.29) is 37.6 Å². The molecule has 0 radical (unpaired) electrons. The van der Waals surface area contributed by atoms with Crippen molar-refractivity contribution in [2.75, 3.05) is 32.8 Å². The Morgan fingerprint density at radius 1 is 1.47 bits per heavy atom. The number of carbonyl (C=O) groups excluding carboxylic acids is 1. The standard InChI is InChI=1S/C12H22N2O5/c1-9-8-19-10(7-15)5-14(9)6-11(16)13-4-2-3-12(17)18/h9-10,15H,2-8H2,1H3,(H,13,16)(H,17,18). The quantitative estimate of drug-likeness (QED) is 0.518. The van der Waals surface area contributed by atoms with E-state index in [1.807, 2.05) is 11.8 Å². The van der Waals surface area contributed by atoms with E-state index in [1.165, 1.54) is 0 Å². The second kappa shape index (κ2) is 8.08. The average molecular weight is 274 g/mol. The highest BCUT2D eigenvalue weighted by Crippen LogP contribution is 2.10. The van der Waals surface area contributed by atoms with Crippen LogP contribution in [0.2, 0.25) is 0 Å². The van der Waals surface area contributed by atoms with Gasteiger partial charge in [0.05, 0.1) is 25.9 Å². The van der Waals surface area contributed by atoms with Crippen LogP contribution in [-0.2, 0) is 14.3 Å². The molecule has 1 aliphatic rings. The van der Waals surface area contributed by atoms with Gasteiger partial charge in [-0.3, -0.25) is 14.5 Å². The van der Waals surface area contributed by atoms with Gasteiger partial charge in [0, 0.05) is 25.6 Å². The number of aliphatic hydroxyl groups excluding tert-OH is 1. The maximum absolute atomic E-state index is 11.7. The minimum absolute atomic E-state index is 0.0521. The van der Waals surface area contributed by atoms with Gasteiger partial charge < -0.3 is 20.3 Å². The Kier molecular flexibility index (Phi) is 6.75. The van der Waals surface area contributed by atoms with E-state index in [1.54, 1.807) is 0 Å². The lowest BCUT2D eigenvalue weighted by atomic mass is 10.2. The number of rotatable bonds is 7. The maximum atomic E-state index is 11.7.